The second-order valence-corrected chi connectivity index (χ2v) is 2.41. The Morgan fingerprint density at radius 1 is 1.30 bits per heavy atom. The van der Waals surface area contributed by atoms with Crippen molar-refractivity contribution in [2.75, 3.05) is 5.88 Å². The highest BCUT2D eigenvalue weighted by molar-refractivity contribution is 6.17. The molecule has 0 atom stereocenters. The molecule has 0 heterocycles. The molecule has 0 unspecified atom stereocenters. The van der Waals surface area contributed by atoms with E-state index >= 15 is 0 Å². The lowest BCUT2D eigenvalue weighted by Gasteiger charge is -1.96. The summed E-state index contributed by atoms with van der Waals surface area (Å²) in [6, 6.07) is 6.68. The van der Waals surface area contributed by atoms with Crippen LogP contribution in [0.1, 0.15) is 5.56 Å². The first-order chi connectivity index (χ1) is 4.84. The molecule has 0 aliphatic carbocycles. The molecule has 0 spiro atoms. The van der Waals surface area contributed by atoms with E-state index in [1.54, 1.807) is 12.1 Å². The first-order valence-electron chi connectivity index (χ1n) is 3.14. The molecule has 0 radical (unpaired) electrons. The molecule has 0 N–H and O–H groups in total. The molecule has 0 aliphatic rings. The molecule has 2 heteroatoms. The van der Waals surface area contributed by atoms with Gasteiger partial charge in [-0.15, -0.1) is 11.6 Å². The van der Waals surface area contributed by atoms with Crippen molar-refractivity contribution in [2.24, 2.45) is 0 Å². The van der Waals surface area contributed by atoms with Crippen LogP contribution in [-0.2, 0) is 6.42 Å². The van der Waals surface area contributed by atoms with Gasteiger partial charge in [0.25, 0.3) is 0 Å². The number of benzene rings is 1. The van der Waals surface area contributed by atoms with Gasteiger partial charge in [-0.3, -0.25) is 0 Å². The van der Waals surface area contributed by atoms with Gasteiger partial charge in [-0.2, -0.15) is 0 Å². The molecule has 0 saturated heterocycles. The Labute approximate surface area is 64.6 Å². The molecule has 0 aliphatic heterocycles. The summed E-state index contributed by atoms with van der Waals surface area (Å²) in [5, 5.41) is 0. The topological polar surface area (TPSA) is 0 Å². The van der Waals surface area contributed by atoms with Crippen molar-refractivity contribution in [1.29, 1.82) is 0 Å². The molecule has 1 rings (SSSR count). The summed E-state index contributed by atoms with van der Waals surface area (Å²) in [5.74, 6) is 0.309. The van der Waals surface area contributed by atoms with Crippen molar-refractivity contribution in [3.05, 3.63) is 35.6 Å². The molecule has 1 aromatic rings. The Hall–Kier alpha value is -0.560. The highest BCUT2D eigenvalue weighted by Gasteiger charge is 1.96. The van der Waals surface area contributed by atoms with Crippen LogP contribution in [-0.4, -0.2) is 5.88 Å². The molecule has 0 aromatic heterocycles. The van der Waals surface area contributed by atoms with Crippen LogP contribution in [0.2, 0.25) is 0 Å². The van der Waals surface area contributed by atoms with Crippen molar-refractivity contribution < 1.29 is 4.39 Å². The maximum atomic E-state index is 12.7. The second-order valence-electron chi connectivity index (χ2n) is 2.03. The zero-order valence-corrected chi connectivity index (χ0v) is 6.24. The molecule has 54 valence electrons. The number of rotatable bonds is 2. The van der Waals surface area contributed by atoms with Crippen molar-refractivity contribution >= 4 is 11.6 Å². The van der Waals surface area contributed by atoms with E-state index in [0.717, 1.165) is 0 Å². The molecule has 0 bridgehead atoms. The Bertz CT molecular complexity index is 210. The predicted molar refractivity (Wildman–Crippen MR) is 40.8 cm³/mol. The van der Waals surface area contributed by atoms with Gasteiger partial charge in [0.1, 0.15) is 5.82 Å². The summed E-state index contributed by atoms with van der Waals surface area (Å²) in [4.78, 5) is 0. The summed E-state index contributed by atoms with van der Waals surface area (Å²) in [7, 11) is 0. The lowest BCUT2D eigenvalue weighted by atomic mass is 10.2. The molecule has 0 nitrogen and oxygen atoms in total. The molecular formula is C8H8ClF. The molecule has 1 aromatic carbocycles. The minimum Gasteiger partial charge on any atom is -0.207 e. The first-order valence-corrected chi connectivity index (χ1v) is 3.67. The van der Waals surface area contributed by atoms with E-state index in [1.165, 1.54) is 6.07 Å². The SMILES string of the molecule is Fc1ccccc1CCCl. The molecule has 0 saturated carbocycles. The van der Waals surface area contributed by atoms with Crippen molar-refractivity contribution in [2.45, 2.75) is 6.42 Å². The summed E-state index contributed by atoms with van der Waals surface area (Å²) < 4.78 is 12.7. The van der Waals surface area contributed by atoms with Gasteiger partial charge in [0.05, 0.1) is 0 Å². The largest absolute Gasteiger partial charge is 0.207 e. The van der Waals surface area contributed by atoms with Gasteiger partial charge in [-0.25, -0.2) is 4.39 Å². The maximum absolute atomic E-state index is 12.7. The fourth-order valence-electron chi connectivity index (χ4n) is 0.803. The molecule has 0 fully saturated rings. The fraction of sp³-hybridized carbons (Fsp3) is 0.250. The predicted octanol–water partition coefficient (Wildman–Crippen LogP) is 2.61. The monoisotopic (exact) mass is 158 g/mol. The van der Waals surface area contributed by atoms with Crippen LogP contribution in [0.5, 0.6) is 0 Å². The third kappa shape index (κ3) is 1.71. The van der Waals surface area contributed by atoms with Crippen LogP contribution in [0.3, 0.4) is 0 Å². The van der Waals surface area contributed by atoms with Crippen LogP contribution < -0.4 is 0 Å². The van der Waals surface area contributed by atoms with E-state index in [9.17, 15) is 4.39 Å². The smallest absolute Gasteiger partial charge is 0.126 e. The third-order valence-corrected chi connectivity index (χ3v) is 1.51. The zero-order valence-electron chi connectivity index (χ0n) is 5.48. The van der Waals surface area contributed by atoms with Crippen molar-refractivity contribution in [3.8, 4) is 0 Å². The number of hydrogen-bond acceptors (Lipinski definition) is 0. The first kappa shape index (κ1) is 7.55. The number of alkyl halides is 1. The van der Waals surface area contributed by atoms with E-state index < -0.39 is 0 Å². The van der Waals surface area contributed by atoms with E-state index in [1.807, 2.05) is 6.07 Å². The minimum atomic E-state index is -0.164. The number of halogens is 2. The summed E-state index contributed by atoms with van der Waals surface area (Å²) in [6.45, 7) is 0. The average Bonchev–Trinajstić information content (AvgIpc) is 1.94. The molecular weight excluding hydrogens is 151 g/mol. The second kappa shape index (κ2) is 3.57. The third-order valence-electron chi connectivity index (χ3n) is 1.32. The quantitative estimate of drug-likeness (QED) is 0.581. The average molecular weight is 159 g/mol. The fourth-order valence-corrected chi connectivity index (χ4v) is 1.01. The highest BCUT2D eigenvalue weighted by atomic mass is 35.5. The Morgan fingerprint density at radius 2 is 2.00 bits per heavy atom. The van der Waals surface area contributed by atoms with Gasteiger partial charge in [-0.1, -0.05) is 18.2 Å². The van der Waals surface area contributed by atoms with Gasteiger partial charge in [-0.05, 0) is 18.1 Å². The lowest BCUT2D eigenvalue weighted by Crippen LogP contribution is -1.89. The van der Waals surface area contributed by atoms with E-state index in [2.05, 4.69) is 0 Å². The molecule has 0 amide bonds. The molecule has 10 heavy (non-hydrogen) atoms. The van der Waals surface area contributed by atoms with Gasteiger partial charge in [0.2, 0.25) is 0 Å². The van der Waals surface area contributed by atoms with Gasteiger partial charge in [0, 0.05) is 5.88 Å². The number of aryl methyl sites for hydroxylation is 1. The Balaban J connectivity index is 2.81. The number of hydrogen-bond donors (Lipinski definition) is 0. The highest BCUT2D eigenvalue weighted by Crippen LogP contribution is 2.06. The van der Waals surface area contributed by atoms with Crippen LogP contribution in [0.15, 0.2) is 24.3 Å². The summed E-state index contributed by atoms with van der Waals surface area (Å²) in [6.07, 6.45) is 0.605. The normalized spacial score (nSPS) is 9.80. The van der Waals surface area contributed by atoms with Crippen LogP contribution in [0.4, 0.5) is 4.39 Å². The Morgan fingerprint density at radius 3 is 2.60 bits per heavy atom. The minimum absolute atomic E-state index is 0.164. The zero-order chi connectivity index (χ0) is 7.40. The van der Waals surface area contributed by atoms with Gasteiger partial charge >= 0.3 is 0 Å². The van der Waals surface area contributed by atoms with Crippen LogP contribution >= 0.6 is 11.6 Å². The van der Waals surface area contributed by atoms with Crippen LogP contribution in [0.25, 0.3) is 0 Å². The lowest BCUT2D eigenvalue weighted by molar-refractivity contribution is 0.612. The van der Waals surface area contributed by atoms with Crippen molar-refractivity contribution in [1.82, 2.24) is 0 Å². The van der Waals surface area contributed by atoms with Gasteiger partial charge in [0.15, 0.2) is 0 Å². The summed E-state index contributed by atoms with van der Waals surface area (Å²) in [5.41, 5.74) is 0.692. The van der Waals surface area contributed by atoms with Gasteiger partial charge < -0.3 is 0 Å². The van der Waals surface area contributed by atoms with E-state index in [4.69, 9.17) is 11.6 Å². The van der Waals surface area contributed by atoms with E-state index in [0.29, 0.717) is 17.9 Å². The Kier molecular flexibility index (Phi) is 2.69. The maximum Gasteiger partial charge on any atom is 0.126 e. The summed E-state index contributed by atoms with van der Waals surface area (Å²) >= 11 is 5.44. The standard InChI is InChI=1S/C8H8ClF/c9-6-5-7-3-1-2-4-8(7)10/h1-4H,5-6H2. The van der Waals surface area contributed by atoms with Crippen molar-refractivity contribution in [3.63, 3.8) is 0 Å². The van der Waals surface area contributed by atoms with E-state index in [-0.39, 0.29) is 5.82 Å². The van der Waals surface area contributed by atoms with Crippen LogP contribution in [0, 0.1) is 5.82 Å².